The van der Waals surface area contributed by atoms with Crippen LogP contribution in [0.2, 0.25) is 0 Å². The predicted molar refractivity (Wildman–Crippen MR) is 99.4 cm³/mol. The Kier molecular flexibility index (Phi) is 7.82. The lowest BCUT2D eigenvalue weighted by Crippen LogP contribution is -2.22. The molecule has 0 fully saturated rings. The quantitative estimate of drug-likeness (QED) is 0.462. The van der Waals surface area contributed by atoms with Gasteiger partial charge in [-0.15, -0.1) is 0 Å². The highest BCUT2D eigenvalue weighted by Gasteiger charge is 2.24. The molecular formula is C21H24O6. The lowest BCUT2D eigenvalue weighted by molar-refractivity contribution is -0.178. The predicted octanol–water partition coefficient (Wildman–Crippen LogP) is 3.59. The zero-order chi connectivity index (χ0) is 19.6. The van der Waals surface area contributed by atoms with Crippen molar-refractivity contribution in [3.8, 4) is 5.75 Å². The molecule has 0 spiro atoms. The summed E-state index contributed by atoms with van der Waals surface area (Å²) >= 11 is 0. The van der Waals surface area contributed by atoms with Gasteiger partial charge in [0, 0.05) is 0 Å². The van der Waals surface area contributed by atoms with E-state index in [0.717, 1.165) is 11.1 Å². The van der Waals surface area contributed by atoms with Gasteiger partial charge in [-0.1, -0.05) is 42.5 Å². The molecule has 0 aliphatic rings. The Morgan fingerprint density at radius 2 is 1.30 bits per heavy atom. The van der Waals surface area contributed by atoms with Crippen LogP contribution in [0.15, 0.2) is 54.6 Å². The number of carboxylic acids is 2. The van der Waals surface area contributed by atoms with Crippen LogP contribution in [0, 0.1) is 11.8 Å². The summed E-state index contributed by atoms with van der Waals surface area (Å²) in [4.78, 5) is 32.7. The zero-order valence-corrected chi connectivity index (χ0v) is 15.2. The van der Waals surface area contributed by atoms with Gasteiger partial charge in [0.2, 0.25) is 0 Å². The van der Waals surface area contributed by atoms with Crippen LogP contribution in [0.5, 0.6) is 5.75 Å². The van der Waals surface area contributed by atoms with Crippen LogP contribution in [0.1, 0.15) is 24.0 Å². The first kappa shape index (κ1) is 20.5. The van der Waals surface area contributed by atoms with Gasteiger partial charge in [0.1, 0.15) is 0 Å². The molecule has 0 amide bonds. The maximum absolute atomic E-state index is 11.6. The first-order chi connectivity index (χ1) is 13.0. The van der Waals surface area contributed by atoms with Crippen LogP contribution in [0.4, 0.5) is 0 Å². The van der Waals surface area contributed by atoms with Crippen LogP contribution in [0.25, 0.3) is 0 Å². The van der Waals surface area contributed by atoms with Crippen LogP contribution >= 0.6 is 0 Å². The van der Waals surface area contributed by atoms with E-state index in [4.69, 9.17) is 4.89 Å². The summed E-state index contributed by atoms with van der Waals surface area (Å²) < 4.78 is 0. The molecule has 0 aliphatic carbocycles. The maximum atomic E-state index is 11.6. The summed E-state index contributed by atoms with van der Waals surface area (Å²) in [6, 6.07) is 16.3. The Balaban J connectivity index is 1.97. The molecule has 2 atom stereocenters. The van der Waals surface area contributed by atoms with Gasteiger partial charge in [0.05, 0.1) is 18.9 Å². The van der Waals surface area contributed by atoms with Gasteiger partial charge >= 0.3 is 11.9 Å². The number of carboxylic acid groups (broad SMARTS) is 2. The monoisotopic (exact) mass is 372 g/mol. The minimum absolute atomic E-state index is 0.301. The molecule has 0 saturated carbocycles. The van der Waals surface area contributed by atoms with E-state index in [1.54, 1.807) is 24.3 Å². The van der Waals surface area contributed by atoms with Crippen LogP contribution in [-0.2, 0) is 27.3 Å². The van der Waals surface area contributed by atoms with Crippen molar-refractivity contribution in [1.82, 2.24) is 0 Å². The van der Waals surface area contributed by atoms with Crippen molar-refractivity contribution >= 4 is 11.9 Å². The second-order valence-electron chi connectivity index (χ2n) is 6.44. The molecular weight excluding hydrogens is 348 g/mol. The number of carbonyl (C=O) groups is 2. The number of aliphatic carboxylic acids is 2. The van der Waals surface area contributed by atoms with Gasteiger partial charge in [-0.25, -0.2) is 0 Å². The summed E-state index contributed by atoms with van der Waals surface area (Å²) in [5, 5.41) is 19.0. The minimum Gasteiger partial charge on any atom is -0.481 e. The summed E-state index contributed by atoms with van der Waals surface area (Å²) in [7, 11) is 1.41. The van der Waals surface area contributed by atoms with Gasteiger partial charge < -0.3 is 15.1 Å². The molecule has 0 bridgehead atoms. The van der Waals surface area contributed by atoms with Gasteiger partial charge in [0.15, 0.2) is 5.75 Å². The third-order valence-electron chi connectivity index (χ3n) is 4.47. The maximum Gasteiger partial charge on any atom is 0.306 e. The largest absolute Gasteiger partial charge is 0.481 e. The number of rotatable bonds is 11. The molecule has 0 unspecified atom stereocenters. The van der Waals surface area contributed by atoms with Gasteiger partial charge in [0.25, 0.3) is 0 Å². The fourth-order valence-electron chi connectivity index (χ4n) is 2.99. The van der Waals surface area contributed by atoms with E-state index in [-0.39, 0.29) is 0 Å². The van der Waals surface area contributed by atoms with E-state index >= 15 is 0 Å². The fourth-order valence-corrected chi connectivity index (χ4v) is 2.99. The Hall–Kier alpha value is -2.86. The Labute approximate surface area is 158 Å². The number of benzene rings is 2. The molecule has 0 radical (unpaired) electrons. The van der Waals surface area contributed by atoms with Crippen LogP contribution in [0.3, 0.4) is 0 Å². The van der Waals surface area contributed by atoms with Crippen molar-refractivity contribution in [1.29, 1.82) is 0 Å². The molecule has 2 aromatic rings. The van der Waals surface area contributed by atoms with E-state index in [2.05, 4.69) is 4.89 Å². The highest BCUT2D eigenvalue weighted by Crippen LogP contribution is 2.22. The van der Waals surface area contributed by atoms with E-state index < -0.39 is 23.8 Å². The van der Waals surface area contributed by atoms with Gasteiger partial charge in [-0.05, 0) is 48.9 Å². The molecule has 0 heterocycles. The normalized spacial score (nSPS) is 12.9. The minimum atomic E-state index is -0.920. The molecule has 0 aliphatic heterocycles. The van der Waals surface area contributed by atoms with Crippen LogP contribution < -0.4 is 4.89 Å². The van der Waals surface area contributed by atoms with Crippen molar-refractivity contribution in [2.24, 2.45) is 11.8 Å². The molecule has 27 heavy (non-hydrogen) atoms. The number of hydrogen-bond acceptors (Lipinski definition) is 4. The third-order valence-corrected chi connectivity index (χ3v) is 4.47. The second kappa shape index (κ2) is 10.3. The standard InChI is InChI=1S/C21H24O6/c1-26-27-19-11-7-16(8-12-19)14-18(21(24)25)10-9-17(20(22)23)13-15-5-3-2-4-6-15/h2-8,11-12,17-18H,9-10,13-14H2,1H3,(H,22,23)(H,24,25)/t17-,18-/m1/s1. The van der Waals surface area contributed by atoms with Crippen LogP contribution in [-0.4, -0.2) is 29.3 Å². The van der Waals surface area contributed by atoms with E-state index in [0.29, 0.717) is 31.4 Å². The average molecular weight is 372 g/mol. The smallest absolute Gasteiger partial charge is 0.306 e. The Morgan fingerprint density at radius 1 is 0.815 bits per heavy atom. The van der Waals surface area contributed by atoms with Gasteiger partial charge in [-0.2, -0.15) is 4.89 Å². The van der Waals surface area contributed by atoms with Gasteiger partial charge in [-0.3, -0.25) is 9.59 Å². The Bertz CT molecular complexity index is 726. The number of hydrogen-bond donors (Lipinski definition) is 2. The van der Waals surface area contributed by atoms with Crippen molar-refractivity contribution in [2.75, 3.05) is 7.11 Å². The SMILES string of the molecule is COOc1ccc(C[C@@H](CC[C@H](Cc2ccccc2)C(=O)O)C(=O)O)cc1. The highest BCUT2D eigenvalue weighted by molar-refractivity contribution is 5.72. The molecule has 2 N–H and O–H groups in total. The lowest BCUT2D eigenvalue weighted by atomic mass is 9.88. The summed E-state index contributed by atoms with van der Waals surface area (Å²) in [5.41, 5.74) is 1.78. The zero-order valence-electron chi connectivity index (χ0n) is 15.2. The van der Waals surface area contributed by atoms with E-state index in [9.17, 15) is 19.8 Å². The van der Waals surface area contributed by atoms with Crippen molar-refractivity contribution in [3.05, 3.63) is 65.7 Å². The third kappa shape index (κ3) is 6.75. The summed E-state index contributed by atoms with van der Waals surface area (Å²) in [6.45, 7) is 0. The molecule has 0 aromatic heterocycles. The highest BCUT2D eigenvalue weighted by atomic mass is 17.2. The molecule has 6 heteroatoms. The van der Waals surface area contributed by atoms with E-state index in [1.165, 1.54) is 7.11 Å². The van der Waals surface area contributed by atoms with Crippen molar-refractivity contribution < 1.29 is 29.6 Å². The first-order valence-electron chi connectivity index (χ1n) is 8.78. The molecule has 2 rings (SSSR count). The molecule has 6 nitrogen and oxygen atoms in total. The fraction of sp³-hybridized carbons (Fsp3) is 0.333. The molecule has 144 valence electrons. The van der Waals surface area contributed by atoms with Crippen molar-refractivity contribution in [3.63, 3.8) is 0 Å². The second-order valence-corrected chi connectivity index (χ2v) is 6.44. The summed E-state index contributed by atoms with van der Waals surface area (Å²) in [6.07, 6.45) is 1.34. The lowest BCUT2D eigenvalue weighted by Gasteiger charge is -2.17. The first-order valence-corrected chi connectivity index (χ1v) is 8.78. The topological polar surface area (TPSA) is 93.1 Å². The molecule has 0 saturated heterocycles. The van der Waals surface area contributed by atoms with E-state index in [1.807, 2.05) is 30.3 Å². The average Bonchev–Trinajstić information content (AvgIpc) is 2.66. The molecule has 2 aromatic carbocycles. The summed E-state index contributed by atoms with van der Waals surface area (Å²) in [5.74, 6) is -2.54. The Morgan fingerprint density at radius 3 is 1.74 bits per heavy atom. The van der Waals surface area contributed by atoms with Crippen molar-refractivity contribution in [2.45, 2.75) is 25.7 Å².